The van der Waals surface area contributed by atoms with Crippen LogP contribution in [-0.4, -0.2) is 60.5 Å². The van der Waals surface area contributed by atoms with Gasteiger partial charge in [0.15, 0.2) is 0 Å². The summed E-state index contributed by atoms with van der Waals surface area (Å²) in [7, 11) is 0. The summed E-state index contributed by atoms with van der Waals surface area (Å²) in [6, 6.07) is 19.8. The molecule has 190 valence electrons. The number of amides is 2. The van der Waals surface area contributed by atoms with E-state index in [0.717, 1.165) is 68.9 Å². The van der Waals surface area contributed by atoms with E-state index >= 15 is 0 Å². The van der Waals surface area contributed by atoms with Crippen LogP contribution in [0.5, 0.6) is 0 Å². The molecule has 7 nitrogen and oxygen atoms in total. The molecule has 2 aliphatic rings. The summed E-state index contributed by atoms with van der Waals surface area (Å²) < 4.78 is 0. The number of anilines is 2. The predicted octanol–water partition coefficient (Wildman–Crippen LogP) is 3.99. The number of hydrogen-bond donors (Lipinski definition) is 2. The smallest absolute Gasteiger partial charge is 0.251 e. The summed E-state index contributed by atoms with van der Waals surface area (Å²) in [6.07, 6.45) is 10.1. The van der Waals surface area contributed by atoms with E-state index in [2.05, 4.69) is 43.6 Å². The van der Waals surface area contributed by atoms with Crippen molar-refractivity contribution in [2.24, 2.45) is 0 Å². The van der Waals surface area contributed by atoms with Crippen molar-refractivity contribution in [3.05, 3.63) is 95.8 Å². The summed E-state index contributed by atoms with van der Waals surface area (Å²) in [4.78, 5) is 33.8. The molecule has 7 heteroatoms. The monoisotopic (exact) mass is 495 g/mol. The SMILES string of the molecule is O=C(/C=C/c1ccc(C(=O)NC2CC2)cc1)Nc1ccccc1N1CCN(CCc2ccncc2)CC1. The fourth-order valence-corrected chi connectivity index (χ4v) is 4.49. The molecular weight excluding hydrogens is 462 g/mol. The number of nitrogens with one attached hydrogen (secondary N) is 2. The van der Waals surface area contributed by atoms with Crippen molar-refractivity contribution in [1.29, 1.82) is 0 Å². The molecule has 1 aromatic heterocycles. The molecule has 5 rings (SSSR count). The van der Waals surface area contributed by atoms with Gasteiger partial charge in [0.2, 0.25) is 5.91 Å². The summed E-state index contributed by atoms with van der Waals surface area (Å²) in [5.74, 6) is -0.221. The third-order valence-electron chi connectivity index (χ3n) is 6.85. The highest BCUT2D eigenvalue weighted by atomic mass is 16.2. The molecule has 1 aliphatic carbocycles. The van der Waals surface area contributed by atoms with Crippen LogP contribution in [0.15, 0.2) is 79.1 Å². The Morgan fingerprint density at radius 3 is 2.38 bits per heavy atom. The van der Waals surface area contributed by atoms with Gasteiger partial charge in [-0.05, 0) is 72.9 Å². The van der Waals surface area contributed by atoms with Crippen molar-refractivity contribution >= 4 is 29.3 Å². The van der Waals surface area contributed by atoms with E-state index in [-0.39, 0.29) is 11.8 Å². The second kappa shape index (κ2) is 11.8. The van der Waals surface area contributed by atoms with Gasteiger partial charge in [0.1, 0.15) is 0 Å². The summed E-state index contributed by atoms with van der Waals surface area (Å²) in [5.41, 5.74) is 4.68. The minimum Gasteiger partial charge on any atom is -0.367 e. The van der Waals surface area contributed by atoms with Gasteiger partial charge in [-0.2, -0.15) is 0 Å². The molecule has 2 fully saturated rings. The van der Waals surface area contributed by atoms with Gasteiger partial charge in [-0.25, -0.2) is 0 Å². The number of nitrogens with zero attached hydrogens (tertiary/aromatic N) is 3. The van der Waals surface area contributed by atoms with Crippen molar-refractivity contribution in [2.45, 2.75) is 25.3 Å². The number of pyridine rings is 1. The zero-order valence-electron chi connectivity index (χ0n) is 21.0. The molecule has 2 heterocycles. The zero-order chi connectivity index (χ0) is 25.5. The average molecular weight is 496 g/mol. The Morgan fingerprint density at radius 1 is 0.919 bits per heavy atom. The molecule has 0 bridgehead atoms. The van der Waals surface area contributed by atoms with Gasteiger partial charge < -0.3 is 15.5 Å². The molecule has 0 unspecified atom stereocenters. The first-order valence-electron chi connectivity index (χ1n) is 13.0. The van der Waals surface area contributed by atoms with E-state index in [0.29, 0.717) is 11.6 Å². The molecule has 1 saturated carbocycles. The Morgan fingerprint density at radius 2 is 1.65 bits per heavy atom. The van der Waals surface area contributed by atoms with Crippen molar-refractivity contribution < 1.29 is 9.59 Å². The fraction of sp³-hybridized carbons (Fsp3) is 0.300. The Labute approximate surface area is 218 Å². The second-order valence-electron chi connectivity index (χ2n) is 9.64. The maximum atomic E-state index is 12.7. The molecule has 2 aromatic carbocycles. The number of para-hydroxylation sites is 2. The molecular formula is C30H33N5O2. The first kappa shape index (κ1) is 24.7. The molecule has 3 aromatic rings. The summed E-state index contributed by atoms with van der Waals surface area (Å²) in [5, 5.41) is 6.03. The minimum absolute atomic E-state index is 0.0399. The summed E-state index contributed by atoms with van der Waals surface area (Å²) in [6.45, 7) is 4.84. The molecule has 37 heavy (non-hydrogen) atoms. The third-order valence-corrected chi connectivity index (χ3v) is 6.85. The van der Waals surface area contributed by atoms with E-state index in [9.17, 15) is 9.59 Å². The highest BCUT2D eigenvalue weighted by Crippen LogP contribution is 2.27. The van der Waals surface area contributed by atoms with E-state index in [4.69, 9.17) is 0 Å². The number of rotatable bonds is 9. The van der Waals surface area contributed by atoms with Crippen LogP contribution >= 0.6 is 0 Å². The van der Waals surface area contributed by atoms with Crippen molar-refractivity contribution in [3.63, 3.8) is 0 Å². The van der Waals surface area contributed by atoms with E-state index in [1.165, 1.54) is 11.6 Å². The van der Waals surface area contributed by atoms with Crippen LogP contribution in [0.3, 0.4) is 0 Å². The Balaban J connectivity index is 1.13. The van der Waals surface area contributed by atoms with Crippen LogP contribution in [0.4, 0.5) is 11.4 Å². The number of aromatic nitrogens is 1. The largest absolute Gasteiger partial charge is 0.367 e. The Hall–Kier alpha value is -3.97. The van der Waals surface area contributed by atoms with Crippen LogP contribution in [0, 0.1) is 0 Å². The van der Waals surface area contributed by atoms with Gasteiger partial charge in [0.25, 0.3) is 5.91 Å². The van der Waals surface area contributed by atoms with Gasteiger partial charge in [0.05, 0.1) is 11.4 Å². The number of piperazine rings is 1. The van der Waals surface area contributed by atoms with Gasteiger partial charge in [-0.1, -0.05) is 24.3 Å². The Kier molecular flexibility index (Phi) is 7.91. The lowest BCUT2D eigenvalue weighted by atomic mass is 10.1. The second-order valence-corrected chi connectivity index (χ2v) is 9.64. The van der Waals surface area contributed by atoms with Crippen LogP contribution in [0.1, 0.15) is 34.3 Å². The van der Waals surface area contributed by atoms with Crippen molar-refractivity contribution in [1.82, 2.24) is 15.2 Å². The van der Waals surface area contributed by atoms with Crippen molar-refractivity contribution in [2.75, 3.05) is 42.9 Å². The third kappa shape index (κ3) is 7.05. The van der Waals surface area contributed by atoms with Crippen LogP contribution in [0.25, 0.3) is 6.08 Å². The van der Waals surface area contributed by atoms with E-state index in [1.807, 2.05) is 42.7 Å². The normalized spacial score (nSPS) is 16.1. The molecule has 2 amide bonds. The van der Waals surface area contributed by atoms with Gasteiger partial charge in [-0.15, -0.1) is 0 Å². The van der Waals surface area contributed by atoms with E-state index in [1.54, 1.807) is 18.2 Å². The maximum absolute atomic E-state index is 12.7. The fourth-order valence-electron chi connectivity index (χ4n) is 4.49. The molecule has 0 radical (unpaired) electrons. The standard InChI is InChI=1S/C30H33N5O2/c36-29(12-7-23-5-8-25(9-6-23)30(37)32-26-10-11-26)33-27-3-1-2-4-28(27)35-21-19-34(20-22-35)18-15-24-13-16-31-17-14-24/h1-9,12-14,16-17,26H,10-11,15,18-22H2,(H,32,37)(H,33,36)/b12-7+. The van der Waals surface area contributed by atoms with Crippen LogP contribution < -0.4 is 15.5 Å². The maximum Gasteiger partial charge on any atom is 0.251 e. The highest BCUT2D eigenvalue weighted by Gasteiger charge is 2.23. The first-order chi connectivity index (χ1) is 18.1. The molecule has 0 spiro atoms. The number of carbonyl (C=O) groups is 2. The molecule has 1 aliphatic heterocycles. The molecule has 1 saturated heterocycles. The first-order valence-corrected chi connectivity index (χ1v) is 13.0. The van der Waals surface area contributed by atoms with E-state index < -0.39 is 0 Å². The molecule has 2 N–H and O–H groups in total. The lowest BCUT2D eigenvalue weighted by molar-refractivity contribution is -0.111. The van der Waals surface area contributed by atoms with Gasteiger partial charge >= 0.3 is 0 Å². The average Bonchev–Trinajstić information content (AvgIpc) is 3.76. The topological polar surface area (TPSA) is 77.6 Å². The lowest BCUT2D eigenvalue weighted by Gasteiger charge is -2.37. The predicted molar refractivity (Wildman–Crippen MR) is 148 cm³/mol. The highest BCUT2D eigenvalue weighted by molar-refractivity contribution is 6.04. The Bertz CT molecular complexity index is 1230. The lowest BCUT2D eigenvalue weighted by Crippen LogP contribution is -2.47. The molecule has 0 atom stereocenters. The summed E-state index contributed by atoms with van der Waals surface area (Å²) >= 11 is 0. The van der Waals surface area contributed by atoms with Gasteiger partial charge in [0, 0.05) is 62.8 Å². The number of hydrogen-bond acceptors (Lipinski definition) is 5. The van der Waals surface area contributed by atoms with Gasteiger partial charge in [-0.3, -0.25) is 19.5 Å². The minimum atomic E-state index is -0.181. The van der Waals surface area contributed by atoms with Crippen LogP contribution in [-0.2, 0) is 11.2 Å². The number of carbonyl (C=O) groups excluding carboxylic acids is 2. The quantitative estimate of drug-likeness (QED) is 0.439. The number of benzene rings is 2. The van der Waals surface area contributed by atoms with Crippen molar-refractivity contribution in [3.8, 4) is 0 Å². The zero-order valence-corrected chi connectivity index (χ0v) is 21.0. The van der Waals surface area contributed by atoms with Crippen LogP contribution in [0.2, 0.25) is 0 Å².